The van der Waals surface area contributed by atoms with Crippen LogP contribution in [0, 0.1) is 0 Å². The first kappa shape index (κ1) is 19.0. The first-order chi connectivity index (χ1) is 13.2. The summed E-state index contributed by atoms with van der Waals surface area (Å²) in [5, 5.41) is 12.1. The molecule has 3 aromatic rings. The van der Waals surface area contributed by atoms with Gasteiger partial charge in [-0.05, 0) is 31.0 Å². The Balaban J connectivity index is 1.42. The van der Waals surface area contributed by atoms with E-state index in [1.807, 2.05) is 18.2 Å². The van der Waals surface area contributed by atoms with Crippen molar-refractivity contribution in [3.63, 3.8) is 0 Å². The molecular formula is C19H20BrN3O2S2. The predicted octanol–water partition coefficient (Wildman–Crippen LogP) is 6.30. The third-order valence-corrected chi connectivity index (χ3v) is 6.93. The molecule has 0 aliphatic heterocycles. The number of nitrogens with zero attached hydrogens (tertiary/aromatic N) is 3. The zero-order valence-electron chi connectivity index (χ0n) is 15.0. The number of hydrogen-bond acceptors (Lipinski definition) is 7. The summed E-state index contributed by atoms with van der Waals surface area (Å²) >= 11 is 6.67. The van der Waals surface area contributed by atoms with E-state index < -0.39 is 0 Å². The fourth-order valence-corrected chi connectivity index (χ4v) is 5.24. The summed E-state index contributed by atoms with van der Waals surface area (Å²) in [6.07, 6.45) is 6.17. The summed E-state index contributed by atoms with van der Waals surface area (Å²) in [6, 6.07) is 5.94. The van der Waals surface area contributed by atoms with Crippen LogP contribution in [0.3, 0.4) is 0 Å². The molecule has 4 rings (SSSR count). The highest BCUT2D eigenvalue weighted by molar-refractivity contribution is 9.10. The second-order valence-electron chi connectivity index (χ2n) is 6.52. The molecule has 1 aliphatic carbocycles. The van der Waals surface area contributed by atoms with Gasteiger partial charge in [-0.2, -0.15) is 0 Å². The van der Waals surface area contributed by atoms with E-state index in [-0.39, 0.29) is 0 Å². The normalized spacial score (nSPS) is 15.2. The highest BCUT2D eigenvalue weighted by Crippen LogP contribution is 2.36. The lowest BCUT2D eigenvalue weighted by Gasteiger charge is -2.17. The first-order valence-electron chi connectivity index (χ1n) is 8.97. The number of ether oxygens (including phenoxy) is 1. The van der Waals surface area contributed by atoms with Crippen LogP contribution in [0.4, 0.5) is 0 Å². The van der Waals surface area contributed by atoms with E-state index in [9.17, 15) is 0 Å². The van der Waals surface area contributed by atoms with Gasteiger partial charge < -0.3 is 9.15 Å². The van der Waals surface area contributed by atoms with Crippen molar-refractivity contribution in [1.29, 1.82) is 0 Å². The Morgan fingerprint density at radius 1 is 1.26 bits per heavy atom. The third kappa shape index (κ3) is 4.55. The zero-order valence-corrected chi connectivity index (χ0v) is 18.2. The summed E-state index contributed by atoms with van der Waals surface area (Å²) in [5.41, 5.74) is 1.99. The minimum absolute atomic E-state index is 0.440. The number of aromatic nitrogens is 3. The molecule has 1 saturated carbocycles. The van der Waals surface area contributed by atoms with Gasteiger partial charge >= 0.3 is 0 Å². The van der Waals surface area contributed by atoms with Gasteiger partial charge in [0, 0.05) is 21.5 Å². The van der Waals surface area contributed by atoms with E-state index in [0.29, 0.717) is 16.9 Å². The van der Waals surface area contributed by atoms with Crippen molar-refractivity contribution in [2.45, 2.75) is 49.0 Å². The number of benzene rings is 1. The van der Waals surface area contributed by atoms with Crippen LogP contribution in [0.5, 0.6) is 5.75 Å². The lowest BCUT2D eigenvalue weighted by Crippen LogP contribution is -2.04. The molecule has 142 valence electrons. The fraction of sp³-hybridized carbons (Fsp3) is 0.421. The SMILES string of the molecule is COc1ccc(Br)cc1-c1nc(CSc2nnc(C3CCCCC3)o2)cs1. The van der Waals surface area contributed by atoms with Crippen molar-refractivity contribution in [2.24, 2.45) is 0 Å². The summed E-state index contributed by atoms with van der Waals surface area (Å²) in [4.78, 5) is 4.75. The van der Waals surface area contributed by atoms with Gasteiger partial charge in [-0.25, -0.2) is 4.98 Å². The largest absolute Gasteiger partial charge is 0.496 e. The number of thioether (sulfide) groups is 1. The van der Waals surface area contributed by atoms with Gasteiger partial charge in [0.2, 0.25) is 5.89 Å². The van der Waals surface area contributed by atoms with Gasteiger partial charge in [0.25, 0.3) is 5.22 Å². The van der Waals surface area contributed by atoms with Crippen LogP contribution in [-0.4, -0.2) is 22.3 Å². The van der Waals surface area contributed by atoms with Crippen LogP contribution in [0.1, 0.15) is 49.6 Å². The molecule has 0 radical (unpaired) electrons. The van der Waals surface area contributed by atoms with Crippen LogP contribution < -0.4 is 4.74 Å². The molecule has 2 aromatic heterocycles. The van der Waals surface area contributed by atoms with E-state index in [1.54, 1.807) is 30.2 Å². The summed E-state index contributed by atoms with van der Waals surface area (Å²) < 4.78 is 12.3. The zero-order chi connectivity index (χ0) is 18.6. The Morgan fingerprint density at radius 3 is 2.93 bits per heavy atom. The molecule has 0 saturated heterocycles. The van der Waals surface area contributed by atoms with Crippen LogP contribution in [0.15, 0.2) is 37.7 Å². The number of thiazole rings is 1. The second-order valence-corrected chi connectivity index (χ2v) is 9.22. The van der Waals surface area contributed by atoms with Crippen molar-refractivity contribution < 1.29 is 9.15 Å². The molecule has 0 amide bonds. The van der Waals surface area contributed by atoms with Gasteiger partial charge in [0.05, 0.1) is 18.4 Å². The summed E-state index contributed by atoms with van der Waals surface area (Å²) in [5.74, 6) is 2.77. The van der Waals surface area contributed by atoms with Crippen LogP contribution in [0.25, 0.3) is 10.6 Å². The molecule has 1 aliphatic rings. The molecule has 0 N–H and O–H groups in total. The minimum atomic E-state index is 0.440. The van der Waals surface area contributed by atoms with Gasteiger partial charge in [0.15, 0.2) is 0 Å². The first-order valence-corrected chi connectivity index (χ1v) is 11.6. The van der Waals surface area contributed by atoms with Crippen molar-refractivity contribution in [1.82, 2.24) is 15.2 Å². The Bertz CT molecular complexity index is 906. The molecule has 0 unspecified atom stereocenters. The third-order valence-electron chi connectivity index (χ3n) is 4.66. The maximum Gasteiger partial charge on any atom is 0.276 e. The van der Waals surface area contributed by atoms with E-state index in [0.717, 1.165) is 45.2 Å². The summed E-state index contributed by atoms with van der Waals surface area (Å²) in [7, 11) is 1.68. The Morgan fingerprint density at radius 2 is 2.11 bits per heavy atom. The molecule has 1 fully saturated rings. The minimum Gasteiger partial charge on any atom is -0.496 e. The van der Waals surface area contributed by atoms with Gasteiger partial charge in [-0.1, -0.05) is 47.0 Å². The molecular weight excluding hydrogens is 446 g/mol. The monoisotopic (exact) mass is 465 g/mol. The lowest BCUT2D eigenvalue weighted by molar-refractivity contribution is 0.334. The Hall–Kier alpha value is -1.38. The smallest absolute Gasteiger partial charge is 0.276 e. The predicted molar refractivity (Wildman–Crippen MR) is 111 cm³/mol. The Kier molecular flexibility index (Phi) is 6.14. The van der Waals surface area contributed by atoms with Crippen molar-refractivity contribution in [3.8, 4) is 16.3 Å². The highest BCUT2D eigenvalue weighted by atomic mass is 79.9. The number of methoxy groups -OCH3 is 1. The van der Waals surface area contributed by atoms with E-state index >= 15 is 0 Å². The molecule has 5 nitrogen and oxygen atoms in total. The molecule has 0 atom stereocenters. The van der Waals surface area contributed by atoms with E-state index in [4.69, 9.17) is 14.1 Å². The van der Waals surface area contributed by atoms with Crippen molar-refractivity contribution >= 4 is 39.0 Å². The molecule has 27 heavy (non-hydrogen) atoms. The van der Waals surface area contributed by atoms with Crippen LogP contribution >= 0.6 is 39.0 Å². The topological polar surface area (TPSA) is 61.0 Å². The van der Waals surface area contributed by atoms with Gasteiger partial charge in [0.1, 0.15) is 10.8 Å². The van der Waals surface area contributed by atoms with Crippen LogP contribution in [-0.2, 0) is 5.75 Å². The van der Waals surface area contributed by atoms with Crippen molar-refractivity contribution in [2.75, 3.05) is 7.11 Å². The second kappa shape index (κ2) is 8.75. The standard InChI is InChI=1S/C19H20BrN3O2S2/c1-24-16-8-7-13(20)9-15(16)18-21-14(10-26-18)11-27-19-23-22-17(25-19)12-5-3-2-4-6-12/h7-10,12H,2-6,11H2,1H3. The molecule has 0 bridgehead atoms. The quantitative estimate of drug-likeness (QED) is 0.397. The molecule has 2 heterocycles. The number of halogens is 1. The lowest BCUT2D eigenvalue weighted by atomic mass is 9.89. The average Bonchev–Trinajstić information content (AvgIpc) is 3.37. The maximum absolute atomic E-state index is 5.88. The van der Waals surface area contributed by atoms with E-state index in [2.05, 4.69) is 31.5 Å². The summed E-state index contributed by atoms with van der Waals surface area (Å²) in [6.45, 7) is 0. The number of hydrogen-bond donors (Lipinski definition) is 0. The molecule has 8 heteroatoms. The molecule has 1 aromatic carbocycles. The average molecular weight is 466 g/mol. The fourth-order valence-electron chi connectivity index (χ4n) is 3.27. The maximum atomic E-state index is 5.88. The van der Waals surface area contributed by atoms with Gasteiger partial charge in [-0.15, -0.1) is 21.5 Å². The van der Waals surface area contributed by atoms with Crippen molar-refractivity contribution in [3.05, 3.63) is 39.6 Å². The van der Waals surface area contributed by atoms with Gasteiger partial charge in [-0.3, -0.25) is 0 Å². The Labute approximate surface area is 175 Å². The van der Waals surface area contributed by atoms with Crippen LogP contribution in [0.2, 0.25) is 0 Å². The van der Waals surface area contributed by atoms with E-state index in [1.165, 1.54) is 19.3 Å². The number of rotatable bonds is 6. The molecule has 0 spiro atoms. The highest BCUT2D eigenvalue weighted by Gasteiger charge is 2.21.